The first-order valence-electron chi connectivity index (χ1n) is 8.62. The normalized spacial score (nSPS) is 10.1. The van der Waals surface area contributed by atoms with Crippen LogP contribution in [0.3, 0.4) is 0 Å². The molecular weight excluding hydrogens is 324 g/mol. The van der Waals surface area contributed by atoms with E-state index in [1.165, 1.54) is 0 Å². The van der Waals surface area contributed by atoms with Crippen molar-refractivity contribution >= 4 is 17.9 Å². The third-order valence-corrected chi connectivity index (χ3v) is 3.43. The van der Waals surface area contributed by atoms with Crippen LogP contribution < -0.4 is 0 Å². The molecule has 0 saturated heterocycles. The van der Waals surface area contributed by atoms with Crippen LogP contribution in [0.1, 0.15) is 51.0 Å². The summed E-state index contributed by atoms with van der Waals surface area (Å²) in [4.78, 5) is 34.4. The van der Waals surface area contributed by atoms with Crippen LogP contribution in [0.25, 0.3) is 0 Å². The third kappa shape index (κ3) is 10.9. The maximum Gasteiger partial charge on any atom is 0.344 e. The van der Waals surface area contributed by atoms with Crippen molar-refractivity contribution in [2.24, 2.45) is 0 Å². The molecule has 0 N–H and O–H groups in total. The molecule has 0 spiro atoms. The van der Waals surface area contributed by atoms with Gasteiger partial charge in [0, 0.05) is 6.42 Å². The molecule has 0 atom stereocenters. The molecule has 0 amide bonds. The summed E-state index contributed by atoms with van der Waals surface area (Å²) in [5, 5.41) is 0. The standard InChI is InChI=1S/C19H26O6/c1-2-3-4-5-9-12-17(20)24-14-19(22)25-15-18(21)23-13-16-10-7-6-8-11-16/h6-8,10-11H,2-5,9,12-15H2,1H3. The van der Waals surface area contributed by atoms with E-state index >= 15 is 0 Å². The summed E-state index contributed by atoms with van der Waals surface area (Å²) in [5.41, 5.74) is 0.843. The Morgan fingerprint density at radius 3 is 2.04 bits per heavy atom. The summed E-state index contributed by atoms with van der Waals surface area (Å²) >= 11 is 0. The van der Waals surface area contributed by atoms with Crippen LogP contribution in [-0.4, -0.2) is 31.1 Å². The quantitative estimate of drug-likeness (QED) is 0.327. The van der Waals surface area contributed by atoms with Crippen molar-refractivity contribution in [1.29, 1.82) is 0 Å². The minimum atomic E-state index is -0.768. The zero-order valence-corrected chi connectivity index (χ0v) is 14.7. The van der Waals surface area contributed by atoms with Gasteiger partial charge in [0.1, 0.15) is 6.61 Å². The van der Waals surface area contributed by atoms with Crippen molar-refractivity contribution < 1.29 is 28.6 Å². The third-order valence-electron chi connectivity index (χ3n) is 3.43. The van der Waals surface area contributed by atoms with E-state index in [0.29, 0.717) is 0 Å². The highest BCUT2D eigenvalue weighted by atomic mass is 16.6. The van der Waals surface area contributed by atoms with Crippen molar-refractivity contribution in [3.8, 4) is 0 Å². The zero-order valence-electron chi connectivity index (χ0n) is 14.7. The Morgan fingerprint density at radius 1 is 0.760 bits per heavy atom. The highest BCUT2D eigenvalue weighted by molar-refractivity contribution is 5.79. The summed E-state index contributed by atoms with van der Waals surface area (Å²) in [6.45, 7) is 1.25. The van der Waals surface area contributed by atoms with Gasteiger partial charge in [-0.15, -0.1) is 0 Å². The number of unbranched alkanes of at least 4 members (excludes halogenated alkanes) is 4. The van der Waals surface area contributed by atoms with Crippen LogP contribution in [0.5, 0.6) is 0 Å². The highest BCUT2D eigenvalue weighted by Crippen LogP contribution is 2.05. The first-order valence-corrected chi connectivity index (χ1v) is 8.62. The molecular formula is C19H26O6. The Hall–Kier alpha value is -2.37. The summed E-state index contributed by atoms with van der Waals surface area (Å²) in [6.07, 6.45) is 5.40. The molecule has 0 bridgehead atoms. The van der Waals surface area contributed by atoms with E-state index in [0.717, 1.165) is 37.7 Å². The minimum absolute atomic E-state index is 0.115. The first-order chi connectivity index (χ1) is 12.1. The number of rotatable bonds is 12. The fraction of sp³-hybridized carbons (Fsp3) is 0.526. The van der Waals surface area contributed by atoms with E-state index in [-0.39, 0.29) is 13.0 Å². The second-order valence-electron chi connectivity index (χ2n) is 5.63. The van der Waals surface area contributed by atoms with Crippen molar-refractivity contribution in [3.05, 3.63) is 35.9 Å². The predicted octanol–water partition coefficient (Wildman–Crippen LogP) is 3.18. The van der Waals surface area contributed by atoms with Crippen molar-refractivity contribution in [3.63, 3.8) is 0 Å². The molecule has 0 radical (unpaired) electrons. The van der Waals surface area contributed by atoms with E-state index in [1.54, 1.807) is 0 Å². The molecule has 0 unspecified atom stereocenters. The SMILES string of the molecule is CCCCCCCC(=O)OCC(=O)OCC(=O)OCc1ccccc1. The molecule has 1 aromatic carbocycles. The van der Waals surface area contributed by atoms with Gasteiger partial charge < -0.3 is 14.2 Å². The average Bonchev–Trinajstić information content (AvgIpc) is 2.63. The van der Waals surface area contributed by atoms with Crippen molar-refractivity contribution in [2.75, 3.05) is 13.2 Å². The number of ether oxygens (including phenoxy) is 3. The Labute approximate surface area is 148 Å². The first kappa shape index (κ1) is 20.7. The molecule has 0 fully saturated rings. The Kier molecular flexibility index (Phi) is 10.7. The number of hydrogen-bond donors (Lipinski definition) is 0. The number of carbonyl (C=O) groups excluding carboxylic acids is 3. The number of hydrogen-bond acceptors (Lipinski definition) is 6. The molecule has 1 aromatic rings. The van der Waals surface area contributed by atoms with Gasteiger partial charge in [0.25, 0.3) is 0 Å². The van der Waals surface area contributed by atoms with Gasteiger partial charge in [-0.1, -0.05) is 62.9 Å². The molecule has 138 valence electrons. The van der Waals surface area contributed by atoms with E-state index in [2.05, 4.69) is 6.92 Å². The maximum atomic E-state index is 11.5. The van der Waals surface area contributed by atoms with Gasteiger partial charge >= 0.3 is 17.9 Å². The average molecular weight is 350 g/mol. The fourth-order valence-electron chi connectivity index (χ4n) is 2.05. The molecule has 6 heteroatoms. The number of benzene rings is 1. The lowest BCUT2D eigenvalue weighted by Crippen LogP contribution is -2.21. The fourth-order valence-corrected chi connectivity index (χ4v) is 2.05. The second-order valence-corrected chi connectivity index (χ2v) is 5.63. The molecule has 0 saturated carbocycles. The molecule has 25 heavy (non-hydrogen) atoms. The summed E-state index contributed by atoms with van der Waals surface area (Å²) in [6, 6.07) is 9.17. The van der Waals surface area contributed by atoms with Gasteiger partial charge in [0.2, 0.25) is 0 Å². The van der Waals surface area contributed by atoms with E-state index in [9.17, 15) is 14.4 Å². The summed E-state index contributed by atoms with van der Waals surface area (Å²) in [7, 11) is 0. The van der Waals surface area contributed by atoms with Crippen LogP contribution in [0.2, 0.25) is 0 Å². The molecule has 1 rings (SSSR count). The molecule has 0 aliphatic carbocycles. The molecule has 0 aliphatic rings. The molecule has 0 aromatic heterocycles. The lowest BCUT2D eigenvalue weighted by atomic mass is 10.1. The van der Waals surface area contributed by atoms with E-state index in [4.69, 9.17) is 14.2 Å². The lowest BCUT2D eigenvalue weighted by Gasteiger charge is -2.07. The Morgan fingerprint density at radius 2 is 1.36 bits per heavy atom. The van der Waals surface area contributed by atoms with Gasteiger partial charge in [-0.3, -0.25) is 4.79 Å². The van der Waals surface area contributed by atoms with E-state index in [1.807, 2.05) is 30.3 Å². The van der Waals surface area contributed by atoms with Crippen LogP contribution in [0.4, 0.5) is 0 Å². The van der Waals surface area contributed by atoms with Crippen molar-refractivity contribution in [2.45, 2.75) is 52.1 Å². The van der Waals surface area contributed by atoms with Gasteiger partial charge in [-0.25, -0.2) is 9.59 Å². The summed E-state index contributed by atoms with van der Waals surface area (Å²) < 4.78 is 14.5. The van der Waals surface area contributed by atoms with Gasteiger partial charge in [0.15, 0.2) is 13.2 Å². The minimum Gasteiger partial charge on any atom is -0.458 e. The van der Waals surface area contributed by atoms with Crippen LogP contribution in [0, 0.1) is 0 Å². The van der Waals surface area contributed by atoms with Crippen LogP contribution in [-0.2, 0) is 35.2 Å². The van der Waals surface area contributed by atoms with Crippen LogP contribution >= 0.6 is 0 Å². The number of esters is 3. The van der Waals surface area contributed by atoms with Crippen LogP contribution in [0.15, 0.2) is 30.3 Å². The predicted molar refractivity (Wildman–Crippen MR) is 91.5 cm³/mol. The summed E-state index contributed by atoms with van der Waals surface area (Å²) in [5.74, 6) is -1.85. The molecule has 6 nitrogen and oxygen atoms in total. The Bertz CT molecular complexity index is 526. The zero-order chi connectivity index (χ0) is 18.3. The topological polar surface area (TPSA) is 78.9 Å². The van der Waals surface area contributed by atoms with Gasteiger partial charge in [-0.05, 0) is 12.0 Å². The highest BCUT2D eigenvalue weighted by Gasteiger charge is 2.11. The lowest BCUT2D eigenvalue weighted by molar-refractivity contribution is -0.165. The number of carbonyl (C=O) groups is 3. The molecule has 0 heterocycles. The van der Waals surface area contributed by atoms with Gasteiger partial charge in [-0.2, -0.15) is 0 Å². The van der Waals surface area contributed by atoms with Gasteiger partial charge in [0.05, 0.1) is 0 Å². The van der Waals surface area contributed by atoms with Crippen molar-refractivity contribution in [1.82, 2.24) is 0 Å². The Balaban J connectivity index is 2.05. The largest absolute Gasteiger partial charge is 0.458 e. The monoisotopic (exact) mass is 350 g/mol. The molecule has 0 aliphatic heterocycles. The maximum absolute atomic E-state index is 11.5. The van der Waals surface area contributed by atoms with E-state index < -0.39 is 31.1 Å². The smallest absolute Gasteiger partial charge is 0.344 e. The second kappa shape index (κ2) is 13.0.